The van der Waals surface area contributed by atoms with Gasteiger partial charge in [0.2, 0.25) is 11.8 Å². The second-order valence-electron chi connectivity index (χ2n) is 7.29. The molecule has 1 saturated heterocycles. The van der Waals surface area contributed by atoms with Gasteiger partial charge in [0.05, 0.1) is 29.4 Å². The Morgan fingerprint density at radius 1 is 1.00 bits per heavy atom. The molecule has 36 heavy (non-hydrogen) atoms. The summed E-state index contributed by atoms with van der Waals surface area (Å²) in [5.41, 5.74) is 6.63. The number of ketones is 1. The first-order valence-electron chi connectivity index (χ1n) is 10.8. The van der Waals surface area contributed by atoms with E-state index in [0.717, 1.165) is 12.2 Å². The van der Waals surface area contributed by atoms with Gasteiger partial charge < -0.3 is 14.9 Å². The summed E-state index contributed by atoms with van der Waals surface area (Å²) in [6.45, 7) is 3.11. The highest BCUT2D eigenvalue weighted by Gasteiger charge is 2.07. The molecule has 1 aliphatic heterocycles. The van der Waals surface area contributed by atoms with Crippen LogP contribution < -0.4 is 5.73 Å². The third-order valence-corrected chi connectivity index (χ3v) is 5.23. The number of Topliss-reactive ketones (excluding diaryl/α,β-unsaturated/α-hetero) is 1. The Hall–Kier alpha value is -2.52. The van der Waals surface area contributed by atoms with Gasteiger partial charge in [0, 0.05) is 17.7 Å². The Balaban J connectivity index is 0.000000258. The van der Waals surface area contributed by atoms with Gasteiger partial charge >= 0.3 is 0 Å². The minimum Gasteiger partial charge on any atom is -0.444 e. The molecule has 1 atom stereocenters. The van der Waals surface area contributed by atoms with E-state index < -0.39 is 5.91 Å². The third kappa shape index (κ3) is 13.0. The monoisotopic (exact) mass is 562 g/mol. The number of hydrogen-bond acceptors (Lipinski definition) is 5. The van der Waals surface area contributed by atoms with Crippen LogP contribution in [-0.4, -0.2) is 41.1 Å². The zero-order valence-electron chi connectivity index (χ0n) is 19.6. The van der Waals surface area contributed by atoms with E-state index in [4.69, 9.17) is 49.7 Å². The quantitative estimate of drug-likeness (QED) is 0.364. The molecule has 196 valence electrons. The molecule has 3 aromatic rings. The van der Waals surface area contributed by atoms with Crippen molar-refractivity contribution in [1.29, 1.82) is 0 Å². The highest BCUT2D eigenvalue weighted by molar-refractivity contribution is 6.35. The number of amides is 1. The summed E-state index contributed by atoms with van der Waals surface area (Å²) in [7, 11) is 0. The molecule has 2 heterocycles. The number of rotatable bonds is 5. The average Bonchev–Trinajstić information content (AvgIpc) is 3.57. The number of ether oxygens (including phenoxy) is 1. The lowest BCUT2D eigenvalue weighted by atomic mass is 10.2. The lowest BCUT2D eigenvalue weighted by molar-refractivity contribution is -0.114. The largest absolute Gasteiger partial charge is 0.444 e. The van der Waals surface area contributed by atoms with Crippen molar-refractivity contribution in [3.8, 4) is 11.5 Å². The maximum atomic E-state index is 12.6. The normalized spacial score (nSPS) is 13.8. The molecule has 0 aliphatic carbocycles. The summed E-state index contributed by atoms with van der Waals surface area (Å²) in [5, 5.41) is 0. The van der Waals surface area contributed by atoms with E-state index in [1.807, 2.05) is 0 Å². The van der Waals surface area contributed by atoms with Gasteiger partial charge in [-0.15, -0.1) is 34.8 Å². The summed E-state index contributed by atoms with van der Waals surface area (Å²) < 4.78 is 35.1. The van der Waals surface area contributed by atoms with Gasteiger partial charge in [-0.05, 0) is 68.3 Å². The second kappa shape index (κ2) is 17.8. The first-order valence-corrected chi connectivity index (χ1v) is 12.4. The van der Waals surface area contributed by atoms with Gasteiger partial charge in [-0.25, -0.2) is 13.8 Å². The summed E-state index contributed by atoms with van der Waals surface area (Å²) in [4.78, 5) is 24.4. The molecule has 1 amide bonds. The van der Waals surface area contributed by atoms with E-state index in [-0.39, 0.29) is 29.2 Å². The Morgan fingerprint density at radius 2 is 1.56 bits per heavy atom. The van der Waals surface area contributed by atoms with E-state index >= 15 is 0 Å². The van der Waals surface area contributed by atoms with Gasteiger partial charge in [-0.2, -0.15) is 0 Å². The van der Waals surface area contributed by atoms with E-state index in [9.17, 15) is 18.4 Å². The predicted molar refractivity (Wildman–Crippen MR) is 137 cm³/mol. The zero-order valence-corrected chi connectivity index (χ0v) is 21.8. The number of aromatic nitrogens is 1. The lowest BCUT2D eigenvalue weighted by Crippen LogP contribution is -2.10. The molecular formula is C25H27Cl3F2N2O4. The molecule has 0 saturated carbocycles. The van der Waals surface area contributed by atoms with Crippen molar-refractivity contribution in [2.24, 2.45) is 5.73 Å². The smallest absolute Gasteiger partial charge is 0.248 e. The van der Waals surface area contributed by atoms with Crippen molar-refractivity contribution in [1.82, 2.24) is 4.98 Å². The van der Waals surface area contributed by atoms with Crippen LogP contribution in [0.25, 0.3) is 11.5 Å². The standard InChI is InChI=1S/C10H7ClFNO.C7H6FNO.C5H10O.C3H4Cl2O/c11-5-9-6-14-10(13-9)7-1-3-8(12)4-2-7;8-6-3-1-5(2-4-6)7(9)10;1-5-3-2-4-6-5;4-1-3(6)2-5/h1-4,6H,5H2;1-4H,(H2,9,10);5H,2-4H2,1H3;1-2H2. The van der Waals surface area contributed by atoms with Crippen molar-refractivity contribution in [3.05, 3.63) is 77.7 Å². The number of halogens is 5. The first-order chi connectivity index (χ1) is 17.2. The van der Waals surface area contributed by atoms with Crippen molar-refractivity contribution >= 4 is 46.5 Å². The molecule has 2 N–H and O–H groups in total. The van der Waals surface area contributed by atoms with Gasteiger partial charge in [0.1, 0.15) is 17.9 Å². The Morgan fingerprint density at radius 3 is 1.89 bits per heavy atom. The van der Waals surface area contributed by atoms with Crippen LogP contribution in [0.2, 0.25) is 0 Å². The summed E-state index contributed by atoms with van der Waals surface area (Å²) in [6.07, 6.45) is 4.57. The number of oxazole rings is 1. The molecule has 1 fully saturated rings. The van der Waals surface area contributed by atoms with Crippen LogP contribution in [0.3, 0.4) is 0 Å². The van der Waals surface area contributed by atoms with Crippen molar-refractivity contribution < 1.29 is 27.5 Å². The molecule has 11 heteroatoms. The predicted octanol–water partition coefficient (Wildman–Crippen LogP) is 6.36. The molecule has 0 spiro atoms. The molecule has 1 aromatic heterocycles. The highest BCUT2D eigenvalue weighted by atomic mass is 35.5. The van der Waals surface area contributed by atoms with Crippen molar-refractivity contribution in [2.45, 2.75) is 31.7 Å². The number of nitrogens with two attached hydrogens (primary N) is 1. The number of benzene rings is 2. The maximum Gasteiger partial charge on any atom is 0.248 e. The summed E-state index contributed by atoms with van der Waals surface area (Å²) >= 11 is 15.6. The Kier molecular flexibility index (Phi) is 15.6. The molecule has 0 bridgehead atoms. The van der Waals surface area contributed by atoms with Crippen LogP contribution in [0, 0.1) is 11.6 Å². The van der Waals surface area contributed by atoms with Gasteiger partial charge in [0.15, 0.2) is 5.78 Å². The number of carbonyl (C=O) groups excluding carboxylic acids is 2. The summed E-state index contributed by atoms with van der Waals surface area (Å²) in [6, 6.07) is 11.0. The van der Waals surface area contributed by atoms with Crippen LogP contribution in [0.1, 0.15) is 35.8 Å². The molecule has 6 nitrogen and oxygen atoms in total. The number of alkyl halides is 3. The van der Waals surface area contributed by atoms with Crippen LogP contribution in [-0.2, 0) is 15.4 Å². The molecule has 0 radical (unpaired) electrons. The molecular weight excluding hydrogens is 537 g/mol. The fourth-order valence-electron chi connectivity index (χ4n) is 2.48. The van der Waals surface area contributed by atoms with Crippen LogP contribution >= 0.6 is 34.8 Å². The van der Waals surface area contributed by atoms with Gasteiger partial charge in [-0.3, -0.25) is 9.59 Å². The number of nitrogens with zero attached hydrogens (tertiary/aromatic N) is 1. The number of primary amides is 1. The van der Waals surface area contributed by atoms with E-state index in [1.54, 1.807) is 12.1 Å². The minimum atomic E-state index is -0.542. The lowest BCUT2D eigenvalue weighted by Gasteiger charge is -1.94. The van der Waals surface area contributed by atoms with E-state index in [1.165, 1.54) is 55.5 Å². The minimum absolute atomic E-state index is 0.0312. The van der Waals surface area contributed by atoms with Crippen LogP contribution in [0.5, 0.6) is 0 Å². The topological polar surface area (TPSA) is 95.4 Å². The van der Waals surface area contributed by atoms with Crippen molar-refractivity contribution in [3.63, 3.8) is 0 Å². The number of hydrogen-bond donors (Lipinski definition) is 1. The first kappa shape index (κ1) is 31.5. The Bertz CT molecular complexity index is 1040. The zero-order chi connectivity index (χ0) is 26.9. The van der Waals surface area contributed by atoms with Crippen LogP contribution in [0.15, 0.2) is 59.2 Å². The fraction of sp³-hybridized carbons (Fsp3) is 0.320. The molecule has 2 aromatic carbocycles. The fourth-order valence-corrected chi connectivity index (χ4v) is 2.89. The van der Waals surface area contributed by atoms with E-state index in [0.29, 0.717) is 29.1 Å². The second-order valence-corrected chi connectivity index (χ2v) is 8.09. The molecule has 1 unspecified atom stereocenters. The summed E-state index contributed by atoms with van der Waals surface area (Å²) in [5.74, 6) is -0.487. The Labute approximate surface area is 223 Å². The average molecular weight is 564 g/mol. The molecule has 1 aliphatic rings. The van der Waals surface area contributed by atoms with E-state index in [2.05, 4.69) is 11.9 Å². The van der Waals surface area contributed by atoms with Gasteiger partial charge in [-0.1, -0.05) is 0 Å². The maximum absolute atomic E-state index is 12.6. The van der Waals surface area contributed by atoms with Gasteiger partial charge in [0.25, 0.3) is 0 Å². The van der Waals surface area contributed by atoms with Crippen molar-refractivity contribution in [2.75, 3.05) is 18.4 Å². The molecule has 4 rings (SSSR count). The third-order valence-electron chi connectivity index (χ3n) is 4.36. The number of carbonyl (C=O) groups is 2. The highest BCUT2D eigenvalue weighted by Crippen LogP contribution is 2.19. The van der Waals surface area contributed by atoms with Crippen LogP contribution in [0.4, 0.5) is 8.78 Å². The SMILES string of the molecule is CC1CCCO1.Fc1ccc(-c2nc(CCl)co2)cc1.NC(=O)c1ccc(F)cc1.O=C(CCl)CCl.